The quantitative estimate of drug-likeness (QED) is 0.396. The molecule has 1 amide bonds. The van der Waals surface area contributed by atoms with E-state index in [0.29, 0.717) is 26.5 Å². The summed E-state index contributed by atoms with van der Waals surface area (Å²) in [6.07, 6.45) is 1.63. The average molecular weight is 544 g/mol. The summed E-state index contributed by atoms with van der Waals surface area (Å²) in [4.78, 5) is 12.8. The number of carbonyl (C=O) groups is 1. The third kappa shape index (κ3) is 4.59. The fourth-order valence-corrected chi connectivity index (χ4v) is 4.61. The fourth-order valence-electron chi connectivity index (χ4n) is 2.01. The SMILES string of the molecule is O=C(Nc1nn(Cc2ccc(Cl)cc2Cl)cc1Cl)c1cc(Br)c(Br)s1. The van der Waals surface area contributed by atoms with E-state index in [0.717, 1.165) is 13.8 Å². The summed E-state index contributed by atoms with van der Waals surface area (Å²) >= 11 is 26.3. The van der Waals surface area contributed by atoms with E-state index in [1.807, 2.05) is 6.07 Å². The second-order valence-electron chi connectivity index (χ2n) is 4.95. The zero-order valence-electron chi connectivity index (χ0n) is 12.2. The van der Waals surface area contributed by atoms with E-state index in [2.05, 4.69) is 42.3 Å². The largest absolute Gasteiger partial charge is 0.303 e. The van der Waals surface area contributed by atoms with Crippen molar-refractivity contribution in [2.45, 2.75) is 6.54 Å². The van der Waals surface area contributed by atoms with E-state index in [9.17, 15) is 4.79 Å². The van der Waals surface area contributed by atoms with Crippen molar-refractivity contribution in [3.05, 3.63) is 64.2 Å². The number of halogens is 5. The summed E-state index contributed by atoms with van der Waals surface area (Å²) in [5.41, 5.74) is 0.842. The van der Waals surface area contributed by atoms with Crippen LogP contribution in [0.25, 0.3) is 0 Å². The lowest BCUT2D eigenvalue weighted by Gasteiger charge is -2.05. The number of benzene rings is 1. The maximum Gasteiger partial charge on any atom is 0.267 e. The van der Waals surface area contributed by atoms with Gasteiger partial charge < -0.3 is 5.32 Å². The van der Waals surface area contributed by atoms with Crippen LogP contribution in [0.3, 0.4) is 0 Å². The number of hydrogen-bond donors (Lipinski definition) is 1. The van der Waals surface area contributed by atoms with Crippen LogP contribution in [0.5, 0.6) is 0 Å². The van der Waals surface area contributed by atoms with Crippen LogP contribution in [-0.4, -0.2) is 15.7 Å². The summed E-state index contributed by atoms with van der Waals surface area (Å²) in [7, 11) is 0. The molecular formula is C15H8Br2Cl3N3OS. The molecule has 1 aromatic carbocycles. The summed E-state index contributed by atoms with van der Waals surface area (Å²) in [6.45, 7) is 0.404. The third-order valence-electron chi connectivity index (χ3n) is 3.17. The highest BCUT2D eigenvalue weighted by atomic mass is 79.9. The second-order valence-corrected chi connectivity index (χ2v) is 9.42. The predicted octanol–water partition coefficient (Wildman–Crippen LogP) is 6.73. The molecule has 0 aliphatic carbocycles. The highest BCUT2D eigenvalue weighted by molar-refractivity contribution is 9.13. The molecule has 0 fully saturated rings. The van der Waals surface area contributed by atoms with Crippen molar-refractivity contribution in [1.82, 2.24) is 9.78 Å². The molecule has 0 spiro atoms. The topological polar surface area (TPSA) is 46.9 Å². The maximum absolute atomic E-state index is 12.3. The normalized spacial score (nSPS) is 10.9. The molecular weight excluding hydrogens is 536 g/mol. The van der Waals surface area contributed by atoms with Gasteiger partial charge in [0.05, 0.1) is 15.2 Å². The smallest absolute Gasteiger partial charge is 0.267 e. The number of aromatic nitrogens is 2. The van der Waals surface area contributed by atoms with Gasteiger partial charge in [-0.25, -0.2) is 0 Å². The second kappa shape index (κ2) is 7.98. The molecule has 25 heavy (non-hydrogen) atoms. The van der Waals surface area contributed by atoms with Gasteiger partial charge in [-0.2, -0.15) is 5.10 Å². The Morgan fingerprint density at radius 3 is 2.60 bits per heavy atom. The van der Waals surface area contributed by atoms with Crippen LogP contribution >= 0.6 is 78.0 Å². The first-order valence-corrected chi connectivity index (χ1v) is 10.3. The molecule has 0 saturated heterocycles. The van der Waals surface area contributed by atoms with Crippen molar-refractivity contribution in [1.29, 1.82) is 0 Å². The van der Waals surface area contributed by atoms with Crippen LogP contribution < -0.4 is 5.32 Å². The van der Waals surface area contributed by atoms with Gasteiger partial charge in [-0.3, -0.25) is 9.48 Å². The van der Waals surface area contributed by atoms with Crippen molar-refractivity contribution in [3.63, 3.8) is 0 Å². The van der Waals surface area contributed by atoms with Crippen molar-refractivity contribution in [2.24, 2.45) is 0 Å². The Kier molecular flexibility index (Phi) is 6.13. The Balaban J connectivity index is 1.77. The first kappa shape index (κ1) is 19.2. The molecule has 0 aliphatic rings. The van der Waals surface area contributed by atoms with Gasteiger partial charge in [0.25, 0.3) is 5.91 Å². The minimum Gasteiger partial charge on any atom is -0.303 e. The Hall–Kier alpha value is -0.570. The number of amides is 1. The number of carbonyl (C=O) groups excluding carboxylic acids is 1. The molecule has 10 heteroatoms. The van der Waals surface area contributed by atoms with E-state index < -0.39 is 0 Å². The minimum atomic E-state index is -0.284. The van der Waals surface area contributed by atoms with Crippen molar-refractivity contribution >= 4 is 89.7 Å². The van der Waals surface area contributed by atoms with E-state index in [4.69, 9.17) is 34.8 Å². The van der Waals surface area contributed by atoms with Crippen LogP contribution in [0.15, 0.2) is 38.7 Å². The minimum absolute atomic E-state index is 0.284. The van der Waals surface area contributed by atoms with E-state index in [-0.39, 0.29) is 11.7 Å². The Bertz CT molecular complexity index is 938. The van der Waals surface area contributed by atoms with Gasteiger partial charge in [-0.1, -0.05) is 40.9 Å². The van der Waals surface area contributed by atoms with Gasteiger partial charge in [-0.05, 0) is 55.6 Å². The highest BCUT2D eigenvalue weighted by Crippen LogP contribution is 2.33. The summed E-state index contributed by atoms with van der Waals surface area (Å²) in [6, 6.07) is 6.96. The Morgan fingerprint density at radius 1 is 1.20 bits per heavy atom. The summed E-state index contributed by atoms with van der Waals surface area (Å²) in [5, 5.41) is 8.46. The molecule has 0 radical (unpaired) electrons. The van der Waals surface area contributed by atoms with Gasteiger partial charge in [0, 0.05) is 20.7 Å². The van der Waals surface area contributed by atoms with Crippen LogP contribution in [0, 0.1) is 0 Å². The fraction of sp³-hybridized carbons (Fsp3) is 0.0667. The number of nitrogens with zero attached hydrogens (tertiary/aromatic N) is 2. The summed E-state index contributed by atoms with van der Waals surface area (Å²) in [5.74, 6) is 0.00507. The van der Waals surface area contributed by atoms with Crippen molar-refractivity contribution in [3.8, 4) is 0 Å². The van der Waals surface area contributed by atoms with Crippen molar-refractivity contribution in [2.75, 3.05) is 5.32 Å². The van der Waals surface area contributed by atoms with E-state index in [1.54, 1.807) is 29.1 Å². The molecule has 3 aromatic rings. The lowest BCUT2D eigenvalue weighted by atomic mass is 10.2. The molecule has 4 nitrogen and oxygen atoms in total. The van der Waals surface area contributed by atoms with Gasteiger partial charge in [-0.15, -0.1) is 11.3 Å². The van der Waals surface area contributed by atoms with E-state index >= 15 is 0 Å². The highest BCUT2D eigenvalue weighted by Gasteiger charge is 2.16. The third-order valence-corrected chi connectivity index (χ3v) is 7.28. The Labute approximate surface area is 179 Å². The molecule has 130 valence electrons. The van der Waals surface area contributed by atoms with Gasteiger partial charge >= 0.3 is 0 Å². The number of thiophene rings is 1. The molecule has 0 unspecified atom stereocenters. The molecule has 0 aliphatic heterocycles. The van der Waals surface area contributed by atoms with Gasteiger partial charge in [0.15, 0.2) is 5.82 Å². The zero-order chi connectivity index (χ0) is 18.1. The maximum atomic E-state index is 12.3. The van der Waals surface area contributed by atoms with Gasteiger partial charge in [0.1, 0.15) is 5.02 Å². The van der Waals surface area contributed by atoms with Crippen LogP contribution in [-0.2, 0) is 6.54 Å². The monoisotopic (exact) mass is 541 g/mol. The molecule has 2 heterocycles. The first-order valence-electron chi connectivity index (χ1n) is 6.76. The molecule has 1 N–H and O–H groups in total. The number of anilines is 1. The van der Waals surface area contributed by atoms with Crippen LogP contribution in [0.2, 0.25) is 15.1 Å². The van der Waals surface area contributed by atoms with E-state index in [1.165, 1.54) is 11.3 Å². The lowest BCUT2D eigenvalue weighted by Crippen LogP contribution is -2.11. The first-order chi connectivity index (χ1) is 11.8. The zero-order valence-corrected chi connectivity index (χ0v) is 18.5. The van der Waals surface area contributed by atoms with Gasteiger partial charge in [0.2, 0.25) is 0 Å². The number of rotatable bonds is 4. The molecule has 3 rings (SSSR count). The number of nitrogens with one attached hydrogen (secondary N) is 1. The average Bonchev–Trinajstić information content (AvgIpc) is 3.05. The number of hydrogen-bond acceptors (Lipinski definition) is 3. The Morgan fingerprint density at radius 2 is 1.96 bits per heavy atom. The van der Waals surface area contributed by atoms with Crippen LogP contribution in [0.4, 0.5) is 5.82 Å². The standard InChI is InChI=1S/C15H8Br2Cl3N3OS/c16-9-4-12(25-13(9)17)15(24)21-14-11(20)6-23(22-14)5-7-1-2-8(18)3-10(7)19/h1-4,6H,5H2,(H,21,22,24). The van der Waals surface area contributed by atoms with Crippen LogP contribution in [0.1, 0.15) is 15.2 Å². The van der Waals surface area contributed by atoms with Crippen molar-refractivity contribution < 1.29 is 4.79 Å². The molecule has 0 atom stereocenters. The lowest BCUT2D eigenvalue weighted by molar-refractivity contribution is 0.103. The predicted molar refractivity (Wildman–Crippen MR) is 110 cm³/mol. The molecule has 0 saturated carbocycles. The summed E-state index contributed by atoms with van der Waals surface area (Å²) < 4.78 is 3.26. The molecule has 2 aromatic heterocycles. The molecule has 0 bridgehead atoms.